The maximum Gasteiger partial charge on any atom is 0.168 e. The van der Waals surface area contributed by atoms with Crippen molar-refractivity contribution in [3.8, 4) is 5.75 Å². The Kier molecular flexibility index (Phi) is 3.55. The monoisotopic (exact) mass is 230 g/mol. The van der Waals surface area contributed by atoms with E-state index in [1.54, 1.807) is 13.2 Å². The summed E-state index contributed by atoms with van der Waals surface area (Å²) in [5.41, 5.74) is 7.03. The van der Waals surface area contributed by atoms with Gasteiger partial charge in [-0.3, -0.25) is 0 Å². The second kappa shape index (κ2) is 4.48. The van der Waals surface area contributed by atoms with E-state index in [0.717, 1.165) is 11.3 Å². The van der Waals surface area contributed by atoms with Crippen LogP contribution in [0.2, 0.25) is 5.02 Å². The molecule has 0 spiro atoms. The lowest BCUT2D eigenvalue weighted by Gasteiger charge is -2.11. The number of benzene rings is 1. The van der Waals surface area contributed by atoms with Gasteiger partial charge in [0.15, 0.2) is 5.11 Å². The van der Waals surface area contributed by atoms with Gasteiger partial charge >= 0.3 is 0 Å². The van der Waals surface area contributed by atoms with Crippen LogP contribution < -0.4 is 15.8 Å². The Labute approximate surface area is 93.2 Å². The molecule has 0 atom stereocenters. The average molecular weight is 231 g/mol. The highest BCUT2D eigenvalue weighted by Gasteiger charge is 2.06. The number of hydrogen-bond donors (Lipinski definition) is 2. The first-order chi connectivity index (χ1) is 6.54. The molecular formula is C9H11ClN2OS. The molecule has 0 aliphatic carbocycles. The molecule has 0 aromatic heterocycles. The van der Waals surface area contributed by atoms with Crippen LogP contribution in [-0.4, -0.2) is 12.2 Å². The van der Waals surface area contributed by atoms with Crippen molar-refractivity contribution in [1.29, 1.82) is 0 Å². The number of nitrogens with one attached hydrogen (secondary N) is 1. The molecule has 0 amide bonds. The highest BCUT2D eigenvalue weighted by atomic mass is 35.5. The van der Waals surface area contributed by atoms with Gasteiger partial charge in [-0.25, -0.2) is 0 Å². The van der Waals surface area contributed by atoms with Crippen molar-refractivity contribution in [3.05, 3.63) is 22.7 Å². The summed E-state index contributed by atoms with van der Waals surface area (Å²) in [4.78, 5) is 0. The largest absolute Gasteiger partial charge is 0.495 e. The first kappa shape index (κ1) is 11.1. The van der Waals surface area contributed by atoms with Gasteiger partial charge < -0.3 is 15.8 Å². The van der Waals surface area contributed by atoms with Crippen molar-refractivity contribution in [1.82, 2.24) is 0 Å². The molecule has 5 heteroatoms. The standard InChI is InChI=1S/C9H11ClN2OS/c1-5-3-7(12-9(11)14)8(13-2)4-6(5)10/h3-4H,1-2H3,(H3,11,12,14). The molecule has 0 heterocycles. The molecule has 0 aliphatic rings. The van der Waals surface area contributed by atoms with Gasteiger partial charge in [0.05, 0.1) is 12.8 Å². The molecule has 3 nitrogen and oxygen atoms in total. The van der Waals surface area contributed by atoms with Crippen LogP contribution in [0, 0.1) is 6.92 Å². The number of anilines is 1. The molecule has 0 saturated carbocycles. The van der Waals surface area contributed by atoms with E-state index in [1.165, 1.54) is 0 Å². The number of thiocarbonyl (C=S) groups is 1. The van der Waals surface area contributed by atoms with E-state index in [-0.39, 0.29) is 5.11 Å². The van der Waals surface area contributed by atoms with Crippen molar-refractivity contribution in [2.75, 3.05) is 12.4 Å². The normalized spacial score (nSPS) is 9.64. The summed E-state index contributed by atoms with van der Waals surface area (Å²) >= 11 is 10.7. The molecule has 0 fully saturated rings. The molecular weight excluding hydrogens is 220 g/mol. The lowest BCUT2D eigenvalue weighted by Crippen LogP contribution is -2.19. The Morgan fingerprint density at radius 1 is 1.57 bits per heavy atom. The predicted octanol–water partition coefficient (Wildman–Crippen LogP) is 2.31. The fourth-order valence-corrected chi connectivity index (χ4v) is 1.33. The van der Waals surface area contributed by atoms with Crippen molar-refractivity contribution >= 4 is 34.6 Å². The van der Waals surface area contributed by atoms with Gasteiger partial charge in [-0.1, -0.05) is 11.6 Å². The number of rotatable bonds is 2. The highest BCUT2D eigenvalue weighted by molar-refractivity contribution is 7.80. The molecule has 0 aliphatic heterocycles. The van der Waals surface area contributed by atoms with Crippen LogP contribution in [0.3, 0.4) is 0 Å². The molecule has 0 radical (unpaired) electrons. The fraction of sp³-hybridized carbons (Fsp3) is 0.222. The van der Waals surface area contributed by atoms with Crippen LogP contribution in [0.25, 0.3) is 0 Å². The van der Waals surface area contributed by atoms with E-state index in [4.69, 9.17) is 34.3 Å². The van der Waals surface area contributed by atoms with Gasteiger partial charge in [-0.05, 0) is 30.8 Å². The van der Waals surface area contributed by atoms with E-state index < -0.39 is 0 Å². The third-order valence-corrected chi connectivity index (χ3v) is 2.25. The number of hydrogen-bond acceptors (Lipinski definition) is 2. The third kappa shape index (κ3) is 2.49. The minimum absolute atomic E-state index is 0.199. The Hall–Kier alpha value is -1.00. The first-order valence-electron chi connectivity index (χ1n) is 3.95. The molecule has 14 heavy (non-hydrogen) atoms. The van der Waals surface area contributed by atoms with Crippen LogP contribution >= 0.6 is 23.8 Å². The van der Waals surface area contributed by atoms with Crippen LogP contribution in [-0.2, 0) is 0 Å². The minimum atomic E-state index is 0.199. The van der Waals surface area contributed by atoms with Gasteiger partial charge in [0, 0.05) is 11.1 Å². The van der Waals surface area contributed by atoms with Crippen LogP contribution in [0.5, 0.6) is 5.75 Å². The Bertz CT molecular complexity index is 368. The summed E-state index contributed by atoms with van der Waals surface area (Å²) in [5, 5.41) is 3.67. The maximum absolute atomic E-state index is 5.93. The second-order valence-corrected chi connectivity index (χ2v) is 3.64. The van der Waals surface area contributed by atoms with E-state index in [2.05, 4.69) is 5.32 Å². The highest BCUT2D eigenvalue weighted by Crippen LogP contribution is 2.30. The predicted molar refractivity (Wildman–Crippen MR) is 63.1 cm³/mol. The zero-order valence-electron chi connectivity index (χ0n) is 7.93. The molecule has 76 valence electrons. The molecule has 1 aromatic carbocycles. The quantitative estimate of drug-likeness (QED) is 0.766. The Morgan fingerprint density at radius 3 is 2.71 bits per heavy atom. The van der Waals surface area contributed by atoms with Gasteiger partial charge in [0.2, 0.25) is 0 Å². The Morgan fingerprint density at radius 2 is 2.21 bits per heavy atom. The van der Waals surface area contributed by atoms with Crippen molar-refractivity contribution < 1.29 is 4.74 Å². The van der Waals surface area contributed by atoms with E-state index in [9.17, 15) is 0 Å². The van der Waals surface area contributed by atoms with Gasteiger partial charge in [0.25, 0.3) is 0 Å². The summed E-state index contributed by atoms with van der Waals surface area (Å²) in [6.07, 6.45) is 0. The number of halogens is 1. The number of nitrogens with two attached hydrogens (primary N) is 1. The van der Waals surface area contributed by atoms with E-state index >= 15 is 0 Å². The smallest absolute Gasteiger partial charge is 0.168 e. The molecule has 1 rings (SSSR count). The van der Waals surface area contributed by atoms with Gasteiger partial charge in [0.1, 0.15) is 5.75 Å². The summed E-state index contributed by atoms with van der Waals surface area (Å²) in [7, 11) is 1.56. The van der Waals surface area contributed by atoms with E-state index in [0.29, 0.717) is 10.8 Å². The molecule has 0 saturated heterocycles. The lowest BCUT2D eigenvalue weighted by molar-refractivity contribution is 0.417. The topological polar surface area (TPSA) is 47.3 Å². The summed E-state index contributed by atoms with van der Waals surface area (Å²) in [6, 6.07) is 3.55. The lowest BCUT2D eigenvalue weighted by atomic mass is 10.2. The third-order valence-electron chi connectivity index (χ3n) is 1.74. The van der Waals surface area contributed by atoms with Crippen molar-refractivity contribution in [3.63, 3.8) is 0 Å². The number of ether oxygens (including phenoxy) is 1. The fourth-order valence-electron chi connectivity index (χ4n) is 1.06. The maximum atomic E-state index is 5.93. The average Bonchev–Trinajstić information content (AvgIpc) is 2.10. The van der Waals surface area contributed by atoms with Gasteiger partial charge in [-0.15, -0.1) is 0 Å². The summed E-state index contributed by atoms with van der Waals surface area (Å²) < 4.78 is 5.12. The van der Waals surface area contributed by atoms with Crippen LogP contribution in [0.4, 0.5) is 5.69 Å². The van der Waals surface area contributed by atoms with Crippen LogP contribution in [0.1, 0.15) is 5.56 Å². The van der Waals surface area contributed by atoms with Crippen molar-refractivity contribution in [2.24, 2.45) is 5.73 Å². The number of aryl methyl sites for hydroxylation is 1. The second-order valence-electron chi connectivity index (χ2n) is 2.79. The molecule has 0 bridgehead atoms. The van der Waals surface area contributed by atoms with Crippen LogP contribution in [0.15, 0.2) is 12.1 Å². The molecule has 0 unspecified atom stereocenters. The summed E-state index contributed by atoms with van der Waals surface area (Å²) in [6.45, 7) is 1.90. The van der Waals surface area contributed by atoms with Gasteiger partial charge in [-0.2, -0.15) is 0 Å². The minimum Gasteiger partial charge on any atom is -0.495 e. The first-order valence-corrected chi connectivity index (χ1v) is 4.74. The summed E-state index contributed by atoms with van der Waals surface area (Å²) in [5.74, 6) is 0.619. The number of methoxy groups -OCH3 is 1. The zero-order valence-corrected chi connectivity index (χ0v) is 9.50. The Balaban J connectivity index is 3.13. The molecule has 3 N–H and O–H groups in total. The zero-order chi connectivity index (χ0) is 10.7. The van der Waals surface area contributed by atoms with Crippen molar-refractivity contribution in [2.45, 2.75) is 6.92 Å². The SMILES string of the molecule is COc1cc(Cl)c(C)cc1NC(N)=S. The molecule has 1 aromatic rings. The van der Waals surface area contributed by atoms with E-state index in [1.807, 2.05) is 13.0 Å².